The van der Waals surface area contributed by atoms with E-state index in [2.05, 4.69) is 5.32 Å². The van der Waals surface area contributed by atoms with Crippen LogP contribution < -0.4 is 61.8 Å². The Kier molecular flexibility index (Phi) is 11.1. The van der Waals surface area contributed by atoms with Crippen molar-refractivity contribution in [2.45, 2.75) is 32.5 Å². The van der Waals surface area contributed by atoms with Crippen molar-refractivity contribution in [2.75, 3.05) is 19.8 Å². The number of carbonyl (C=O) groups excluding carboxylic acids is 1. The molecular weight excluding hydrogens is 225 g/mol. The molecule has 15 heavy (non-hydrogen) atoms. The van der Waals surface area contributed by atoms with Crippen molar-refractivity contribution in [3.05, 3.63) is 0 Å². The van der Waals surface area contributed by atoms with Gasteiger partial charge in [0.1, 0.15) is 6.61 Å². The summed E-state index contributed by atoms with van der Waals surface area (Å²) in [7, 11) is 0. The zero-order valence-corrected chi connectivity index (χ0v) is 13.0. The van der Waals surface area contributed by atoms with Crippen molar-refractivity contribution in [2.24, 2.45) is 0 Å². The molecule has 0 radical (unpaired) electrons. The fourth-order valence-electron chi connectivity index (χ4n) is 0.648. The molecule has 0 aromatic rings. The van der Waals surface area contributed by atoms with Gasteiger partial charge in [0.05, 0.1) is 12.7 Å². The number of aliphatic hydroxyl groups excluding tert-OH is 1. The van der Waals surface area contributed by atoms with E-state index in [1.54, 1.807) is 20.8 Å². The SMILES string of the molecule is CC(C)(C)[O-].O=C1COC(CO)CN1.[K+]. The van der Waals surface area contributed by atoms with Gasteiger partial charge in [-0.1, -0.05) is 20.8 Å². The molecule has 6 heteroatoms. The molecule has 1 aliphatic heterocycles. The quantitative estimate of drug-likeness (QED) is 0.456. The molecule has 1 heterocycles. The second-order valence-corrected chi connectivity index (χ2v) is 4.03. The Bertz CT molecular complexity index is 165. The van der Waals surface area contributed by atoms with E-state index >= 15 is 0 Å². The number of hydrogen-bond acceptors (Lipinski definition) is 4. The van der Waals surface area contributed by atoms with E-state index in [9.17, 15) is 9.90 Å². The van der Waals surface area contributed by atoms with Gasteiger partial charge in [0, 0.05) is 6.54 Å². The minimum Gasteiger partial charge on any atom is -0.850 e. The van der Waals surface area contributed by atoms with Crippen molar-refractivity contribution in [3.63, 3.8) is 0 Å². The van der Waals surface area contributed by atoms with Gasteiger partial charge in [0.15, 0.2) is 0 Å². The average molecular weight is 243 g/mol. The third-order valence-electron chi connectivity index (χ3n) is 1.18. The molecule has 0 spiro atoms. The van der Waals surface area contributed by atoms with Gasteiger partial charge < -0.3 is 20.3 Å². The van der Waals surface area contributed by atoms with E-state index in [-0.39, 0.29) is 76.6 Å². The van der Waals surface area contributed by atoms with Gasteiger partial charge in [-0.15, -0.1) is 5.60 Å². The smallest absolute Gasteiger partial charge is 0.850 e. The minimum absolute atomic E-state index is 0. The van der Waals surface area contributed by atoms with E-state index in [1.807, 2.05) is 0 Å². The summed E-state index contributed by atoms with van der Waals surface area (Å²) in [6.07, 6.45) is -0.206. The largest absolute Gasteiger partial charge is 1.00 e. The molecule has 0 aromatic carbocycles. The molecule has 1 saturated heterocycles. The fraction of sp³-hybridized carbons (Fsp3) is 0.889. The van der Waals surface area contributed by atoms with Crippen LogP contribution in [0.4, 0.5) is 0 Å². The monoisotopic (exact) mass is 243 g/mol. The molecule has 5 nitrogen and oxygen atoms in total. The second kappa shape index (κ2) is 9.06. The average Bonchev–Trinajstić information content (AvgIpc) is 2.03. The van der Waals surface area contributed by atoms with Crippen molar-refractivity contribution in [1.82, 2.24) is 5.32 Å². The van der Waals surface area contributed by atoms with Crippen LogP contribution >= 0.6 is 0 Å². The number of ether oxygens (including phenoxy) is 1. The van der Waals surface area contributed by atoms with Crippen molar-refractivity contribution in [1.29, 1.82) is 0 Å². The third kappa shape index (κ3) is 15.0. The van der Waals surface area contributed by atoms with E-state index in [0.717, 1.165) is 0 Å². The zero-order valence-electron chi connectivity index (χ0n) is 9.87. The summed E-state index contributed by atoms with van der Waals surface area (Å²) in [5.74, 6) is -0.111. The van der Waals surface area contributed by atoms with Crippen LogP contribution in [-0.2, 0) is 9.53 Å². The Labute approximate surface area is 133 Å². The summed E-state index contributed by atoms with van der Waals surface area (Å²) >= 11 is 0. The van der Waals surface area contributed by atoms with Crippen LogP contribution in [0, 0.1) is 0 Å². The van der Waals surface area contributed by atoms with Crippen LogP contribution in [0.2, 0.25) is 0 Å². The minimum atomic E-state index is -0.750. The number of rotatable bonds is 1. The summed E-state index contributed by atoms with van der Waals surface area (Å²) in [5.41, 5.74) is -0.750. The molecule has 1 aliphatic rings. The molecule has 1 rings (SSSR count). The number of hydrogen-bond donors (Lipinski definition) is 2. The van der Waals surface area contributed by atoms with E-state index in [1.165, 1.54) is 0 Å². The summed E-state index contributed by atoms with van der Waals surface area (Å²) in [5, 5.41) is 21.2. The Morgan fingerprint density at radius 1 is 1.60 bits per heavy atom. The predicted octanol–water partition coefficient (Wildman–Crippen LogP) is -4.36. The van der Waals surface area contributed by atoms with Crippen molar-refractivity contribution in [3.8, 4) is 0 Å². The summed E-state index contributed by atoms with van der Waals surface area (Å²) in [6, 6.07) is 0. The standard InChI is InChI=1S/C5H9NO3.C4H9O.K/c7-2-4-1-6-5(8)3-9-4;1-4(2,3)5;/h4,7H,1-3H2,(H,6,8);1-3H3;/q;-1;+1. The first-order valence-corrected chi connectivity index (χ1v) is 4.52. The first-order chi connectivity index (χ1) is 6.33. The maximum atomic E-state index is 10.4. The Hall–Kier alpha value is 0.986. The number of amides is 1. The predicted molar refractivity (Wildman–Crippen MR) is 49.6 cm³/mol. The van der Waals surface area contributed by atoms with Gasteiger partial charge >= 0.3 is 51.4 Å². The van der Waals surface area contributed by atoms with Crippen LogP contribution in [0.15, 0.2) is 0 Å². The first-order valence-electron chi connectivity index (χ1n) is 4.52. The van der Waals surface area contributed by atoms with Gasteiger partial charge in [0.2, 0.25) is 5.91 Å². The molecule has 1 unspecified atom stereocenters. The molecule has 1 fully saturated rings. The summed E-state index contributed by atoms with van der Waals surface area (Å²) in [4.78, 5) is 10.4. The van der Waals surface area contributed by atoms with E-state index in [4.69, 9.17) is 9.84 Å². The van der Waals surface area contributed by atoms with Gasteiger partial charge in [-0.2, -0.15) is 0 Å². The molecule has 84 valence electrons. The van der Waals surface area contributed by atoms with Gasteiger partial charge in [-0.25, -0.2) is 0 Å². The van der Waals surface area contributed by atoms with Gasteiger partial charge in [-0.05, 0) is 0 Å². The van der Waals surface area contributed by atoms with Gasteiger partial charge in [-0.3, -0.25) is 4.79 Å². The van der Waals surface area contributed by atoms with Crippen molar-refractivity contribution < 1.29 is 71.1 Å². The van der Waals surface area contributed by atoms with Gasteiger partial charge in [0.25, 0.3) is 0 Å². The van der Waals surface area contributed by atoms with Crippen LogP contribution in [0.25, 0.3) is 0 Å². The first kappa shape index (κ1) is 18.4. The number of nitrogens with one attached hydrogen (secondary N) is 1. The molecule has 0 saturated carbocycles. The molecule has 2 N–H and O–H groups in total. The van der Waals surface area contributed by atoms with Crippen LogP contribution in [0.5, 0.6) is 0 Å². The molecule has 1 atom stereocenters. The van der Waals surface area contributed by atoms with Crippen LogP contribution in [0.3, 0.4) is 0 Å². The molecular formula is C9H18KNO4. The summed E-state index contributed by atoms with van der Waals surface area (Å²) < 4.78 is 4.88. The van der Waals surface area contributed by atoms with Crippen LogP contribution in [-0.4, -0.2) is 42.5 Å². The molecule has 0 bridgehead atoms. The molecule has 0 aromatic heterocycles. The van der Waals surface area contributed by atoms with Crippen LogP contribution in [0.1, 0.15) is 20.8 Å². The Balaban J connectivity index is 0. The number of aliphatic hydroxyl groups is 1. The summed E-state index contributed by atoms with van der Waals surface area (Å²) in [6.45, 7) is 5.37. The Morgan fingerprint density at radius 2 is 2.07 bits per heavy atom. The van der Waals surface area contributed by atoms with E-state index < -0.39 is 5.60 Å². The number of carbonyl (C=O) groups is 1. The maximum absolute atomic E-state index is 10.4. The number of morpholine rings is 1. The normalized spacial score (nSPS) is 20.6. The molecule has 0 aliphatic carbocycles. The Morgan fingerprint density at radius 3 is 2.33 bits per heavy atom. The fourth-order valence-corrected chi connectivity index (χ4v) is 0.648. The maximum Gasteiger partial charge on any atom is 1.00 e. The third-order valence-corrected chi connectivity index (χ3v) is 1.18. The van der Waals surface area contributed by atoms with E-state index in [0.29, 0.717) is 6.54 Å². The molecule has 1 amide bonds. The second-order valence-electron chi connectivity index (χ2n) is 4.03. The topological polar surface area (TPSA) is 81.6 Å². The van der Waals surface area contributed by atoms with Crippen molar-refractivity contribution >= 4 is 5.91 Å². The zero-order chi connectivity index (χ0) is 11.2.